The van der Waals surface area contributed by atoms with E-state index in [1.54, 1.807) is 24.5 Å². The van der Waals surface area contributed by atoms with Crippen LogP contribution in [0.15, 0.2) is 30.6 Å². The third-order valence-corrected chi connectivity index (χ3v) is 6.70. The summed E-state index contributed by atoms with van der Waals surface area (Å²) in [5.74, 6) is 0.172. The summed E-state index contributed by atoms with van der Waals surface area (Å²) in [6.45, 7) is 1.42. The van der Waals surface area contributed by atoms with Crippen molar-refractivity contribution in [2.24, 2.45) is 5.92 Å². The number of hydrogen-bond donors (Lipinski definition) is 1. The minimum Gasteiger partial charge on any atom is -0.449 e. The van der Waals surface area contributed by atoms with Crippen molar-refractivity contribution < 1.29 is 19.1 Å². The Morgan fingerprint density at radius 2 is 2.29 bits per heavy atom. The maximum absolute atomic E-state index is 12.4. The fraction of sp³-hybridized carbons (Fsp3) is 0.391. The number of rotatable bonds is 7. The molecule has 8 heteroatoms. The molecule has 0 saturated carbocycles. The third-order valence-electron chi connectivity index (χ3n) is 5.44. The van der Waals surface area contributed by atoms with E-state index in [0.717, 1.165) is 40.1 Å². The highest BCUT2D eigenvalue weighted by Gasteiger charge is 2.27. The van der Waals surface area contributed by atoms with Crippen LogP contribution in [0.5, 0.6) is 0 Å². The van der Waals surface area contributed by atoms with E-state index in [4.69, 9.17) is 9.47 Å². The Morgan fingerprint density at radius 1 is 1.42 bits per heavy atom. The summed E-state index contributed by atoms with van der Waals surface area (Å²) in [6, 6.07) is 6.04. The summed E-state index contributed by atoms with van der Waals surface area (Å²) < 4.78 is 10.4. The molecule has 0 radical (unpaired) electrons. The molecule has 1 amide bonds. The van der Waals surface area contributed by atoms with Crippen molar-refractivity contribution in [3.05, 3.63) is 57.0 Å². The van der Waals surface area contributed by atoms with Crippen molar-refractivity contribution in [3.63, 3.8) is 0 Å². The Morgan fingerprint density at radius 3 is 3.00 bits per heavy atom. The number of ether oxygens (including phenoxy) is 2. The van der Waals surface area contributed by atoms with Gasteiger partial charge in [0.25, 0.3) is 0 Å². The lowest BCUT2D eigenvalue weighted by atomic mass is 9.87. The molecule has 1 fully saturated rings. The fourth-order valence-electron chi connectivity index (χ4n) is 3.71. The van der Waals surface area contributed by atoms with Crippen molar-refractivity contribution in [3.8, 4) is 6.07 Å². The first-order valence-corrected chi connectivity index (χ1v) is 11.1. The van der Waals surface area contributed by atoms with Crippen LogP contribution < -0.4 is 5.32 Å². The highest BCUT2D eigenvalue weighted by molar-refractivity contribution is 7.12. The van der Waals surface area contributed by atoms with E-state index in [-0.39, 0.29) is 24.2 Å². The van der Waals surface area contributed by atoms with Crippen molar-refractivity contribution in [2.45, 2.75) is 31.7 Å². The molecule has 160 valence electrons. The molecule has 1 N–H and O–H groups in total. The number of carbonyl (C=O) groups excluding carboxylic acids is 2. The van der Waals surface area contributed by atoms with Gasteiger partial charge in [-0.25, -0.2) is 4.79 Å². The van der Waals surface area contributed by atoms with Gasteiger partial charge in [-0.15, -0.1) is 11.3 Å². The lowest BCUT2D eigenvalue weighted by Crippen LogP contribution is -2.49. The first kappa shape index (κ1) is 21.2. The lowest BCUT2D eigenvalue weighted by Gasteiger charge is -2.27. The molecule has 3 heterocycles. The average molecular weight is 438 g/mol. The number of ketones is 1. The maximum atomic E-state index is 12.4. The zero-order valence-electron chi connectivity index (χ0n) is 17.0. The minimum atomic E-state index is -0.408. The molecule has 7 nitrogen and oxygen atoms in total. The number of carbonyl (C=O) groups is 2. The smallest absolute Gasteiger partial charge is 0.407 e. The molecule has 1 aliphatic carbocycles. The van der Waals surface area contributed by atoms with Crippen LogP contribution in [-0.4, -0.2) is 42.7 Å². The number of pyridine rings is 1. The second kappa shape index (κ2) is 9.86. The number of hydrogen-bond acceptors (Lipinski definition) is 7. The molecular weight excluding hydrogens is 414 g/mol. The van der Waals surface area contributed by atoms with Crippen LogP contribution in [0.25, 0.3) is 6.08 Å². The predicted octanol–water partition coefficient (Wildman–Crippen LogP) is 3.07. The van der Waals surface area contributed by atoms with Crippen LogP contribution in [0.4, 0.5) is 4.79 Å². The van der Waals surface area contributed by atoms with Crippen molar-refractivity contribution >= 4 is 29.3 Å². The molecule has 1 unspecified atom stereocenters. The summed E-state index contributed by atoms with van der Waals surface area (Å²) >= 11 is 1.54. The van der Waals surface area contributed by atoms with Crippen LogP contribution in [0.3, 0.4) is 0 Å². The van der Waals surface area contributed by atoms with Crippen LogP contribution in [-0.2, 0) is 33.5 Å². The highest BCUT2D eigenvalue weighted by atomic mass is 32.1. The van der Waals surface area contributed by atoms with Gasteiger partial charge in [0, 0.05) is 28.6 Å². The molecule has 1 aliphatic heterocycles. The van der Waals surface area contributed by atoms with Crippen molar-refractivity contribution in [1.82, 2.24) is 10.3 Å². The van der Waals surface area contributed by atoms with Gasteiger partial charge in [-0.2, -0.15) is 5.26 Å². The Kier molecular flexibility index (Phi) is 6.75. The van der Waals surface area contributed by atoms with E-state index in [1.807, 2.05) is 12.1 Å². The van der Waals surface area contributed by atoms with Gasteiger partial charge in [-0.05, 0) is 54.5 Å². The molecule has 2 aromatic heterocycles. The molecule has 0 bridgehead atoms. The number of aromatic nitrogens is 1. The molecule has 2 aromatic rings. The molecular formula is C23H23N3O4S. The van der Waals surface area contributed by atoms with Crippen molar-refractivity contribution in [2.75, 3.05) is 19.8 Å². The number of fused-ring (bicyclic) bond motifs is 1. The summed E-state index contributed by atoms with van der Waals surface area (Å²) in [5, 5.41) is 12.4. The second-order valence-corrected chi connectivity index (χ2v) is 8.95. The van der Waals surface area contributed by atoms with Crippen molar-refractivity contribution in [1.29, 1.82) is 5.26 Å². The Bertz CT molecular complexity index is 1020. The number of alkyl carbamates (subject to hydrolysis) is 1. The molecule has 1 atom stereocenters. The van der Waals surface area contributed by atoms with E-state index >= 15 is 0 Å². The van der Waals surface area contributed by atoms with Crippen LogP contribution in [0.2, 0.25) is 0 Å². The molecule has 1 saturated heterocycles. The van der Waals surface area contributed by atoms with Gasteiger partial charge >= 0.3 is 6.09 Å². The summed E-state index contributed by atoms with van der Waals surface area (Å²) in [6.07, 6.45) is 8.84. The average Bonchev–Trinajstić information content (AvgIpc) is 3.10. The quantitative estimate of drug-likeness (QED) is 0.668. The van der Waals surface area contributed by atoms with Gasteiger partial charge in [0.1, 0.15) is 6.07 Å². The van der Waals surface area contributed by atoms with E-state index in [1.165, 1.54) is 11.3 Å². The van der Waals surface area contributed by atoms with Crippen LogP contribution in [0, 0.1) is 17.2 Å². The van der Waals surface area contributed by atoms with E-state index in [0.29, 0.717) is 25.4 Å². The zero-order chi connectivity index (χ0) is 21.6. The van der Waals surface area contributed by atoms with Gasteiger partial charge < -0.3 is 14.8 Å². The number of nitrogens with one attached hydrogen (secondary N) is 1. The topological polar surface area (TPSA) is 101 Å². The largest absolute Gasteiger partial charge is 0.449 e. The summed E-state index contributed by atoms with van der Waals surface area (Å²) in [7, 11) is 0. The molecule has 2 aliphatic rings. The first-order chi connectivity index (χ1) is 15.1. The fourth-order valence-corrected chi connectivity index (χ4v) is 5.14. The monoisotopic (exact) mass is 437 g/mol. The van der Waals surface area contributed by atoms with Gasteiger partial charge in [0.15, 0.2) is 5.78 Å². The van der Waals surface area contributed by atoms with Crippen LogP contribution in [0.1, 0.15) is 32.9 Å². The highest BCUT2D eigenvalue weighted by Crippen LogP contribution is 2.36. The number of thiophene rings is 1. The number of nitrogens with zero attached hydrogens (tertiary/aromatic N) is 2. The summed E-state index contributed by atoms with van der Waals surface area (Å²) in [5.41, 5.74) is 2.56. The normalized spacial score (nSPS) is 18.1. The molecule has 0 spiro atoms. The molecule has 0 aromatic carbocycles. The number of nitriles is 1. The Labute approximate surface area is 184 Å². The SMILES string of the molecule is N#Cc1c(CC(=O)/C=C/c2cccnc2)sc2c1CCC(COC(=O)NC1COC1)C2. The zero-order valence-corrected chi connectivity index (χ0v) is 17.8. The minimum absolute atomic E-state index is 0.0459. The van der Waals surface area contributed by atoms with E-state index < -0.39 is 6.09 Å². The van der Waals surface area contributed by atoms with E-state index in [9.17, 15) is 14.9 Å². The van der Waals surface area contributed by atoms with Gasteiger partial charge in [-0.3, -0.25) is 9.78 Å². The molecule has 4 rings (SSSR count). The Hall–Kier alpha value is -3.02. The third kappa shape index (κ3) is 5.37. The lowest BCUT2D eigenvalue weighted by molar-refractivity contribution is -0.113. The number of allylic oxidation sites excluding steroid dienone is 1. The summed E-state index contributed by atoms with van der Waals surface area (Å²) in [4.78, 5) is 30.3. The second-order valence-electron chi connectivity index (χ2n) is 7.76. The number of amides is 1. The van der Waals surface area contributed by atoms with Gasteiger partial charge in [-0.1, -0.05) is 6.07 Å². The maximum Gasteiger partial charge on any atom is 0.407 e. The van der Waals surface area contributed by atoms with Gasteiger partial charge in [0.05, 0.1) is 31.4 Å². The van der Waals surface area contributed by atoms with Crippen LogP contribution >= 0.6 is 11.3 Å². The van der Waals surface area contributed by atoms with Gasteiger partial charge in [0.2, 0.25) is 0 Å². The first-order valence-electron chi connectivity index (χ1n) is 10.3. The Balaban J connectivity index is 1.35. The standard InChI is InChI=1S/C23H23N3O4S/c24-10-20-19-6-4-16(12-30-23(28)26-17-13-29-14-17)8-21(19)31-22(20)9-18(27)5-3-15-2-1-7-25-11-15/h1-3,5,7,11,16-17H,4,6,8-9,12-14H2,(H,26,28)/b5-3+. The predicted molar refractivity (Wildman–Crippen MR) is 116 cm³/mol. The molecule has 31 heavy (non-hydrogen) atoms. The van der Waals surface area contributed by atoms with E-state index in [2.05, 4.69) is 16.4 Å².